The monoisotopic (exact) mass is 486 g/mol. The van der Waals surface area contributed by atoms with Crippen molar-refractivity contribution in [2.75, 3.05) is 19.6 Å². The van der Waals surface area contributed by atoms with Gasteiger partial charge in [-0.1, -0.05) is 12.1 Å². The summed E-state index contributed by atoms with van der Waals surface area (Å²) >= 11 is 0. The molecule has 8 nitrogen and oxygen atoms in total. The minimum absolute atomic E-state index is 0.0291. The Labute approximate surface area is 207 Å². The molecule has 2 unspecified atom stereocenters. The molecule has 0 saturated carbocycles. The van der Waals surface area contributed by atoms with E-state index >= 15 is 0 Å². The number of hydrogen-bond acceptors (Lipinski definition) is 6. The molecule has 4 saturated heterocycles. The summed E-state index contributed by atoms with van der Waals surface area (Å²) in [4.78, 5) is 32.1. The number of rotatable bonds is 6. The Kier molecular flexibility index (Phi) is 6.23. The van der Waals surface area contributed by atoms with E-state index in [2.05, 4.69) is 0 Å². The number of fused-ring (bicyclic) bond motifs is 2. The van der Waals surface area contributed by atoms with Gasteiger partial charge < -0.3 is 24.8 Å². The van der Waals surface area contributed by atoms with E-state index in [1.54, 1.807) is 6.07 Å². The van der Waals surface area contributed by atoms with Crippen LogP contribution in [-0.4, -0.2) is 88.5 Å². The number of nitrogens with zero attached hydrogens (tertiary/aromatic N) is 3. The van der Waals surface area contributed by atoms with E-state index < -0.39 is 24.4 Å². The zero-order chi connectivity index (χ0) is 25.1. The van der Waals surface area contributed by atoms with Gasteiger partial charge in [-0.05, 0) is 64.7 Å². The smallest absolute Gasteiger partial charge is 0.402 e. The summed E-state index contributed by atoms with van der Waals surface area (Å²) in [5.41, 5.74) is 6.29. The first kappa shape index (κ1) is 24.7. The number of carbonyl (C=O) groups excluding carboxylic acids is 2. The third kappa shape index (κ3) is 4.39. The lowest BCUT2D eigenvalue weighted by Crippen LogP contribution is -2.57. The third-order valence-electron chi connectivity index (χ3n) is 8.55. The van der Waals surface area contributed by atoms with Crippen LogP contribution in [0.2, 0.25) is 0 Å². The first-order valence-electron chi connectivity index (χ1n) is 12.7. The van der Waals surface area contributed by atoms with Gasteiger partial charge in [0.15, 0.2) is 0 Å². The van der Waals surface area contributed by atoms with E-state index in [1.165, 1.54) is 12.1 Å². The molecule has 4 heterocycles. The van der Waals surface area contributed by atoms with E-state index in [1.807, 2.05) is 48.5 Å². The van der Waals surface area contributed by atoms with E-state index in [-0.39, 0.29) is 35.7 Å². The zero-order valence-electron chi connectivity index (χ0n) is 21.1. The number of nitrogens with two attached hydrogens (primary N) is 1. The number of benzene rings is 1. The Bertz CT molecular complexity index is 991. The van der Waals surface area contributed by atoms with Gasteiger partial charge in [0.1, 0.15) is 5.82 Å². The highest BCUT2D eigenvalue weighted by Gasteiger charge is 2.56. The van der Waals surface area contributed by atoms with Gasteiger partial charge in [0.2, 0.25) is 11.8 Å². The van der Waals surface area contributed by atoms with E-state index in [9.17, 15) is 14.0 Å². The molecule has 2 bridgehead atoms. The number of halogens is 1. The average Bonchev–Trinajstić information content (AvgIpc) is 3.52. The van der Waals surface area contributed by atoms with Gasteiger partial charge >= 0.3 is 7.12 Å². The highest BCUT2D eigenvalue weighted by molar-refractivity contribution is 6.48. The molecule has 1 aromatic rings. The molecule has 35 heavy (non-hydrogen) atoms. The Morgan fingerprint density at radius 2 is 1.97 bits per heavy atom. The second-order valence-electron chi connectivity index (χ2n) is 11.4. The van der Waals surface area contributed by atoms with Crippen LogP contribution < -0.4 is 5.73 Å². The number of amides is 2. The van der Waals surface area contributed by atoms with E-state index in [0.717, 1.165) is 24.8 Å². The SMILES string of the molecule is CC1(C)OB(C2CCCN2C(=O)[C@@H](N)CN2C[C@H]3CC2C(=O)N3Cc2cccc(F)c2)OC1(C)C. The Morgan fingerprint density at radius 1 is 1.26 bits per heavy atom. The summed E-state index contributed by atoms with van der Waals surface area (Å²) in [7, 11) is -0.473. The van der Waals surface area contributed by atoms with Crippen molar-refractivity contribution in [2.45, 2.75) is 88.8 Å². The van der Waals surface area contributed by atoms with Crippen LogP contribution in [-0.2, 0) is 25.4 Å². The average molecular weight is 486 g/mol. The first-order valence-corrected chi connectivity index (χ1v) is 12.7. The lowest BCUT2D eigenvalue weighted by molar-refractivity contribution is -0.139. The molecule has 0 aromatic heterocycles. The lowest BCUT2D eigenvalue weighted by atomic mass is 9.76. The molecule has 190 valence electrons. The van der Waals surface area contributed by atoms with Crippen molar-refractivity contribution in [1.29, 1.82) is 0 Å². The normalized spacial score (nSPS) is 30.5. The molecule has 0 spiro atoms. The number of carbonyl (C=O) groups is 2. The quantitative estimate of drug-likeness (QED) is 0.615. The number of hydrogen-bond donors (Lipinski definition) is 1. The van der Waals surface area contributed by atoms with Crippen LogP contribution in [0.1, 0.15) is 52.5 Å². The summed E-state index contributed by atoms with van der Waals surface area (Å²) < 4.78 is 26.0. The number of likely N-dealkylation sites (tertiary alicyclic amines) is 3. The molecule has 4 fully saturated rings. The highest BCUT2D eigenvalue weighted by atomic mass is 19.1. The summed E-state index contributed by atoms with van der Waals surface area (Å²) in [6.45, 7) is 10.1. The molecule has 4 aliphatic heterocycles. The predicted octanol–water partition coefficient (Wildman–Crippen LogP) is 1.56. The predicted molar refractivity (Wildman–Crippen MR) is 130 cm³/mol. The molecule has 4 aliphatic rings. The van der Waals surface area contributed by atoms with Gasteiger partial charge in [-0.3, -0.25) is 14.5 Å². The molecular weight excluding hydrogens is 450 g/mol. The van der Waals surface area contributed by atoms with Crippen molar-refractivity contribution < 1.29 is 23.3 Å². The van der Waals surface area contributed by atoms with Crippen LogP contribution in [0.15, 0.2) is 24.3 Å². The first-order chi connectivity index (χ1) is 16.5. The summed E-state index contributed by atoms with van der Waals surface area (Å²) in [6.07, 6.45) is 2.42. The van der Waals surface area contributed by atoms with Crippen LogP contribution in [0.3, 0.4) is 0 Å². The minimum atomic E-state index is -0.721. The van der Waals surface area contributed by atoms with Gasteiger partial charge in [0.25, 0.3) is 0 Å². The van der Waals surface area contributed by atoms with Crippen LogP contribution in [0.25, 0.3) is 0 Å². The maximum Gasteiger partial charge on any atom is 0.482 e. The number of piperazine rings is 1. The second kappa shape index (κ2) is 8.83. The maximum absolute atomic E-state index is 13.6. The Morgan fingerprint density at radius 3 is 2.63 bits per heavy atom. The summed E-state index contributed by atoms with van der Waals surface area (Å²) in [6, 6.07) is 5.43. The fourth-order valence-electron chi connectivity index (χ4n) is 5.91. The molecular formula is C25H36BFN4O4. The fraction of sp³-hybridized carbons (Fsp3) is 0.680. The Hall–Kier alpha value is -2.01. The van der Waals surface area contributed by atoms with E-state index in [0.29, 0.717) is 26.2 Å². The third-order valence-corrected chi connectivity index (χ3v) is 8.55. The van der Waals surface area contributed by atoms with Crippen LogP contribution in [0.5, 0.6) is 0 Å². The topological polar surface area (TPSA) is 88.3 Å². The minimum Gasteiger partial charge on any atom is -0.402 e. The maximum atomic E-state index is 13.6. The molecule has 0 aliphatic carbocycles. The van der Waals surface area contributed by atoms with Crippen LogP contribution in [0.4, 0.5) is 4.39 Å². The van der Waals surface area contributed by atoms with Crippen molar-refractivity contribution >= 4 is 18.9 Å². The molecule has 10 heteroatoms. The molecule has 1 aromatic carbocycles. The molecule has 5 rings (SSSR count). The van der Waals surface area contributed by atoms with Crippen molar-refractivity contribution in [3.8, 4) is 0 Å². The van der Waals surface area contributed by atoms with Gasteiger partial charge in [-0.15, -0.1) is 0 Å². The summed E-state index contributed by atoms with van der Waals surface area (Å²) in [5.74, 6) is -0.547. The molecule has 2 amide bonds. The van der Waals surface area contributed by atoms with Crippen LogP contribution in [0, 0.1) is 5.82 Å². The largest absolute Gasteiger partial charge is 0.482 e. The Balaban J connectivity index is 1.19. The standard InChI is InChI=1S/C25H36BFN4O4/c1-24(2)25(3,4)35-26(34-24)21-9-6-10-30(21)22(32)19(28)15-29-14-18-12-20(29)23(33)31(18)13-16-7-5-8-17(27)11-16/h5,7-8,11,18-21H,6,9-10,12-15,28H2,1-4H3/t18-,19+,20?,21?/m1/s1. The second-order valence-corrected chi connectivity index (χ2v) is 11.4. The summed E-state index contributed by atoms with van der Waals surface area (Å²) in [5, 5.41) is 0. The van der Waals surface area contributed by atoms with Crippen molar-refractivity contribution in [1.82, 2.24) is 14.7 Å². The molecule has 4 atom stereocenters. The van der Waals surface area contributed by atoms with E-state index in [4.69, 9.17) is 15.0 Å². The fourth-order valence-corrected chi connectivity index (χ4v) is 5.91. The van der Waals surface area contributed by atoms with Gasteiger partial charge in [0.05, 0.1) is 29.2 Å². The van der Waals surface area contributed by atoms with Crippen molar-refractivity contribution in [2.24, 2.45) is 5.73 Å². The van der Waals surface area contributed by atoms with Gasteiger partial charge in [-0.25, -0.2) is 4.39 Å². The van der Waals surface area contributed by atoms with Gasteiger partial charge in [-0.2, -0.15) is 0 Å². The van der Waals surface area contributed by atoms with Crippen molar-refractivity contribution in [3.63, 3.8) is 0 Å². The molecule has 2 N–H and O–H groups in total. The highest BCUT2D eigenvalue weighted by Crippen LogP contribution is 2.40. The van der Waals surface area contributed by atoms with Crippen molar-refractivity contribution in [3.05, 3.63) is 35.6 Å². The molecule has 0 radical (unpaired) electrons. The van der Waals surface area contributed by atoms with Crippen LogP contribution >= 0.6 is 0 Å². The zero-order valence-corrected chi connectivity index (χ0v) is 21.1. The lowest BCUT2D eigenvalue weighted by Gasteiger charge is -2.36. The van der Waals surface area contributed by atoms with Gasteiger partial charge in [0, 0.05) is 32.2 Å².